The number of hydrogen-bond donors (Lipinski definition) is 1. The molecule has 0 radical (unpaired) electrons. The van der Waals surface area contributed by atoms with Gasteiger partial charge in [0, 0.05) is 6.54 Å². The van der Waals surface area contributed by atoms with Crippen molar-refractivity contribution in [1.29, 1.82) is 0 Å². The van der Waals surface area contributed by atoms with Crippen LogP contribution < -0.4 is 10.1 Å². The first-order valence-electron chi connectivity index (χ1n) is 9.34. The van der Waals surface area contributed by atoms with Gasteiger partial charge in [-0.2, -0.15) is 0 Å². The van der Waals surface area contributed by atoms with Gasteiger partial charge in [-0.15, -0.1) is 0 Å². The Balaban J connectivity index is 2.24. The average molecular weight is 405 g/mol. The normalized spacial score (nSPS) is 15.9. The van der Waals surface area contributed by atoms with Crippen molar-refractivity contribution in [1.82, 2.24) is 10.2 Å². The fourth-order valence-electron chi connectivity index (χ4n) is 2.79. The zero-order chi connectivity index (χ0) is 21.0. The van der Waals surface area contributed by atoms with E-state index < -0.39 is 11.1 Å². The molecule has 0 spiro atoms. The highest BCUT2D eigenvalue weighted by Gasteiger charge is 2.36. The molecule has 0 aromatic heterocycles. The zero-order valence-electron chi connectivity index (χ0n) is 17.3. The van der Waals surface area contributed by atoms with E-state index in [1.54, 1.807) is 13.2 Å². The number of thioether (sulfide) groups is 1. The fraction of sp³-hybridized carbons (Fsp3) is 0.476. The Labute approximate surface area is 170 Å². The summed E-state index contributed by atoms with van der Waals surface area (Å²) in [4.78, 5) is 38.2. The van der Waals surface area contributed by atoms with Crippen molar-refractivity contribution < 1.29 is 19.1 Å². The highest BCUT2D eigenvalue weighted by atomic mass is 32.2. The van der Waals surface area contributed by atoms with E-state index in [1.807, 2.05) is 32.9 Å². The van der Waals surface area contributed by atoms with Crippen molar-refractivity contribution in [2.45, 2.75) is 40.5 Å². The van der Waals surface area contributed by atoms with E-state index in [2.05, 4.69) is 19.2 Å². The number of carbonyl (C=O) groups excluding carboxylic acids is 3. The number of nitrogens with zero attached hydrogens (tertiary/aromatic N) is 1. The maximum absolute atomic E-state index is 12.7. The van der Waals surface area contributed by atoms with Crippen LogP contribution in [0.1, 0.15) is 50.3 Å². The molecule has 0 unspecified atom stereocenters. The van der Waals surface area contributed by atoms with Gasteiger partial charge in [-0.25, -0.2) is 0 Å². The van der Waals surface area contributed by atoms with E-state index in [1.165, 1.54) is 0 Å². The predicted octanol–water partition coefficient (Wildman–Crippen LogP) is 3.94. The number of methoxy groups -OCH3 is 1. The minimum atomic E-state index is -0.434. The molecule has 0 saturated carbocycles. The van der Waals surface area contributed by atoms with Crippen molar-refractivity contribution in [3.8, 4) is 5.75 Å². The SMILES string of the molecule is COc1cc(C)c(/C=C2\SC(=O)N(CC(=O)NCC(C)C)C2=O)cc1C(C)C. The Kier molecular flexibility index (Phi) is 7.29. The van der Waals surface area contributed by atoms with Crippen molar-refractivity contribution in [3.63, 3.8) is 0 Å². The predicted molar refractivity (Wildman–Crippen MR) is 112 cm³/mol. The molecule has 6 nitrogen and oxygen atoms in total. The first-order chi connectivity index (χ1) is 13.1. The second kappa shape index (κ2) is 9.28. The Morgan fingerprint density at radius 1 is 1.25 bits per heavy atom. The highest BCUT2D eigenvalue weighted by molar-refractivity contribution is 8.18. The molecular weight excluding hydrogens is 376 g/mol. The van der Waals surface area contributed by atoms with E-state index in [4.69, 9.17) is 4.74 Å². The summed E-state index contributed by atoms with van der Waals surface area (Å²) in [5.41, 5.74) is 2.84. The molecule has 1 aromatic carbocycles. The van der Waals surface area contributed by atoms with Gasteiger partial charge in [0.05, 0.1) is 12.0 Å². The molecular formula is C21H28N2O4S. The lowest BCUT2D eigenvalue weighted by molar-refractivity contribution is -0.129. The number of ether oxygens (including phenoxy) is 1. The number of amides is 3. The monoisotopic (exact) mass is 404 g/mol. The minimum absolute atomic E-state index is 0.252. The van der Waals surface area contributed by atoms with Gasteiger partial charge in [0.1, 0.15) is 12.3 Å². The van der Waals surface area contributed by atoms with Crippen LogP contribution in [0.2, 0.25) is 0 Å². The van der Waals surface area contributed by atoms with Crippen LogP contribution in [0.5, 0.6) is 5.75 Å². The van der Waals surface area contributed by atoms with Crippen molar-refractivity contribution in [2.75, 3.05) is 20.2 Å². The largest absolute Gasteiger partial charge is 0.496 e. The summed E-state index contributed by atoms with van der Waals surface area (Å²) in [7, 11) is 1.63. The number of carbonyl (C=O) groups is 3. The van der Waals surface area contributed by atoms with Crippen molar-refractivity contribution >= 4 is 34.9 Å². The zero-order valence-corrected chi connectivity index (χ0v) is 18.1. The summed E-state index contributed by atoms with van der Waals surface area (Å²) in [5, 5.41) is 2.30. The van der Waals surface area contributed by atoms with Crippen LogP contribution in [0, 0.1) is 12.8 Å². The Morgan fingerprint density at radius 3 is 2.50 bits per heavy atom. The summed E-state index contributed by atoms with van der Waals surface area (Å²) in [6.07, 6.45) is 1.72. The molecule has 152 valence electrons. The third kappa shape index (κ3) is 5.16. The van der Waals surface area contributed by atoms with E-state index >= 15 is 0 Å². The molecule has 7 heteroatoms. The van der Waals surface area contributed by atoms with Gasteiger partial charge in [0.2, 0.25) is 5.91 Å². The number of imide groups is 1. The first-order valence-corrected chi connectivity index (χ1v) is 10.2. The number of rotatable bonds is 7. The van der Waals surface area contributed by atoms with Crippen LogP contribution in [-0.4, -0.2) is 42.2 Å². The Bertz CT molecular complexity index is 815. The lowest BCUT2D eigenvalue weighted by Crippen LogP contribution is -2.40. The number of nitrogens with one attached hydrogen (secondary N) is 1. The van der Waals surface area contributed by atoms with E-state index in [-0.39, 0.29) is 18.4 Å². The molecule has 1 aromatic rings. The van der Waals surface area contributed by atoms with Crippen LogP contribution in [0.3, 0.4) is 0 Å². The van der Waals surface area contributed by atoms with Gasteiger partial charge in [0.25, 0.3) is 11.1 Å². The smallest absolute Gasteiger partial charge is 0.294 e. The van der Waals surface area contributed by atoms with Crippen LogP contribution in [-0.2, 0) is 9.59 Å². The Morgan fingerprint density at radius 2 is 1.93 bits per heavy atom. The van der Waals surface area contributed by atoms with E-state index in [0.29, 0.717) is 17.4 Å². The Hall–Kier alpha value is -2.28. The van der Waals surface area contributed by atoms with Crippen LogP contribution >= 0.6 is 11.8 Å². The average Bonchev–Trinajstić information content (AvgIpc) is 2.88. The molecule has 0 bridgehead atoms. The summed E-state index contributed by atoms with van der Waals surface area (Å²) in [6.45, 7) is 10.3. The summed E-state index contributed by atoms with van der Waals surface area (Å²) >= 11 is 0.863. The summed E-state index contributed by atoms with van der Waals surface area (Å²) in [5.74, 6) is 0.588. The molecule has 0 aliphatic carbocycles. The standard InChI is InChI=1S/C21H28N2O4S/c1-12(2)10-22-19(24)11-23-20(25)18(28-21(23)26)9-15-8-16(13(3)4)17(27-6)7-14(15)5/h7-9,12-13H,10-11H2,1-6H3,(H,22,24)/b18-9-. The first kappa shape index (κ1) is 22.0. The quantitative estimate of drug-likeness (QED) is 0.697. The van der Waals surface area contributed by atoms with Crippen molar-refractivity contribution in [3.05, 3.63) is 33.7 Å². The molecule has 1 heterocycles. The second-order valence-electron chi connectivity index (χ2n) is 7.57. The van der Waals surface area contributed by atoms with Gasteiger partial charge in [-0.05, 0) is 65.4 Å². The number of hydrogen-bond acceptors (Lipinski definition) is 5. The van der Waals surface area contributed by atoms with Crippen LogP contribution in [0.4, 0.5) is 4.79 Å². The van der Waals surface area contributed by atoms with Crippen LogP contribution in [0.15, 0.2) is 17.0 Å². The van der Waals surface area contributed by atoms with Gasteiger partial charge < -0.3 is 10.1 Å². The van der Waals surface area contributed by atoms with Gasteiger partial charge >= 0.3 is 0 Å². The molecule has 28 heavy (non-hydrogen) atoms. The minimum Gasteiger partial charge on any atom is -0.496 e. The maximum Gasteiger partial charge on any atom is 0.294 e. The lowest BCUT2D eigenvalue weighted by atomic mass is 9.96. The molecule has 2 rings (SSSR count). The van der Waals surface area contributed by atoms with Gasteiger partial charge in [0.15, 0.2) is 0 Å². The van der Waals surface area contributed by atoms with Gasteiger partial charge in [-0.3, -0.25) is 19.3 Å². The molecule has 1 aliphatic heterocycles. The molecule has 1 aliphatic rings. The lowest BCUT2D eigenvalue weighted by Gasteiger charge is -2.15. The van der Waals surface area contributed by atoms with E-state index in [9.17, 15) is 14.4 Å². The molecule has 0 atom stereocenters. The second-order valence-corrected chi connectivity index (χ2v) is 8.56. The molecule has 1 N–H and O–H groups in total. The van der Waals surface area contributed by atoms with Crippen molar-refractivity contribution in [2.24, 2.45) is 5.92 Å². The summed E-state index contributed by atoms with van der Waals surface area (Å²) < 4.78 is 5.45. The maximum atomic E-state index is 12.7. The molecule has 1 fully saturated rings. The topological polar surface area (TPSA) is 75.7 Å². The molecule has 3 amide bonds. The van der Waals surface area contributed by atoms with Gasteiger partial charge in [-0.1, -0.05) is 27.7 Å². The van der Waals surface area contributed by atoms with Crippen LogP contribution in [0.25, 0.3) is 6.08 Å². The third-order valence-corrected chi connectivity index (χ3v) is 5.32. The summed E-state index contributed by atoms with van der Waals surface area (Å²) in [6, 6.07) is 3.92. The number of aryl methyl sites for hydroxylation is 1. The molecule has 1 saturated heterocycles. The third-order valence-electron chi connectivity index (χ3n) is 4.41. The highest BCUT2D eigenvalue weighted by Crippen LogP contribution is 2.35. The number of benzene rings is 1. The van der Waals surface area contributed by atoms with E-state index in [0.717, 1.165) is 39.1 Å². The fourth-order valence-corrected chi connectivity index (χ4v) is 3.62.